The maximum atomic E-state index is 9.79. The van der Waals surface area contributed by atoms with Crippen molar-refractivity contribution in [1.29, 1.82) is 0 Å². The van der Waals surface area contributed by atoms with Crippen LogP contribution in [-0.4, -0.2) is 44.2 Å². The summed E-state index contributed by atoms with van der Waals surface area (Å²) in [5, 5.41) is 9.79. The van der Waals surface area contributed by atoms with E-state index in [1.165, 1.54) is 0 Å². The van der Waals surface area contributed by atoms with Crippen LogP contribution in [0.25, 0.3) is 0 Å². The van der Waals surface area contributed by atoms with Gasteiger partial charge in [-0.05, 0) is 31.5 Å². The Hall–Kier alpha value is -1.14. The number of aliphatic hydroxyl groups is 1. The minimum absolute atomic E-state index is 0.0401. The molecule has 20 heavy (non-hydrogen) atoms. The maximum absolute atomic E-state index is 9.79. The van der Waals surface area contributed by atoms with E-state index in [1.807, 2.05) is 38.1 Å². The highest BCUT2D eigenvalue weighted by Crippen LogP contribution is 2.17. The third kappa shape index (κ3) is 6.34. The molecule has 0 aliphatic heterocycles. The second-order valence-electron chi connectivity index (χ2n) is 4.93. The monoisotopic (exact) mass is 283 g/mol. The Morgan fingerprint density at radius 2 is 1.95 bits per heavy atom. The number of hydrogen-bond acceptors (Lipinski definition) is 5. The first-order valence-electron chi connectivity index (χ1n) is 6.80. The summed E-state index contributed by atoms with van der Waals surface area (Å²) in [5.41, 5.74) is 6.81. The molecule has 0 aliphatic carbocycles. The molecule has 3 N–H and O–H groups in total. The van der Waals surface area contributed by atoms with Crippen LogP contribution >= 0.6 is 0 Å². The van der Waals surface area contributed by atoms with Crippen LogP contribution in [0, 0.1) is 0 Å². The maximum Gasteiger partial charge on any atom is 0.119 e. The summed E-state index contributed by atoms with van der Waals surface area (Å²) in [4.78, 5) is 0. The van der Waals surface area contributed by atoms with Gasteiger partial charge in [-0.25, -0.2) is 0 Å². The zero-order chi connectivity index (χ0) is 15.0. The van der Waals surface area contributed by atoms with Gasteiger partial charge >= 0.3 is 0 Å². The molecule has 0 aliphatic rings. The van der Waals surface area contributed by atoms with Crippen LogP contribution in [0.15, 0.2) is 24.3 Å². The predicted octanol–water partition coefficient (Wildman–Crippen LogP) is 1.50. The molecule has 0 amide bonds. The molecule has 1 aromatic rings. The van der Waals surface area contributed by atoms with Crippen molar-refractivity contribution in [2.24, 2.45) is 5.73 Å². The van der Waals surface area contributed by atoms with Crippen LogP contribution in [0.5, 0.6) is 5.75 Å². The first kappa shape index (κ1) is 16.9. The lowest BCUT2D eigenvalue weighted by molar-refractivity contribution is -0.0423. The van der Waals surface area contributed by atoms with Crippen LogP contribution in [0.4, 0.5) is 0 Å². The van der Waals surface area contributed by atoms with Crippen molar-refractivity contribution in [3.05, 3.63) is 29.8 Å². The quantitative estimate of drug-likeness (QED) is 0.718. The van der Waals surface area contributed by atoms with Crippen molar-refractivity contribution in [2.45, 2.75) is 32.1 Å². The molecule has 1 aromatic carbocycles. The van der Waals surface area contributed by atoms with Crippen molar-refractivity contribution in [2.75, 3.05) is 26.9 Å². The highest BCUT2D eigenvalue weighted by Gasteiger charge is 2.09. The number of ether oxygens (including phenoxy) is 3. The fraction of sp³-hybridized carbons (Fsp3) is 0.600. The fourth-order valence-electron chi connectivity index (χ4n) is 1.69. The number of methoxy groups -OCH3 is 1. The van der Waals surface area contributed by atoms with Gasteiger partial charge in [-0.3, -0.25) is 0 Å². The Balaban J connectivity index is 2.33. The third-order valence-electron chi connectivity index (χ3n) is 2.80. The first-order chi connectivity index (χ1) is 9.52. The minimum atomic E-state index is -0.673. The van der Waals surface area contributed by atoms with Crippen molar-refractivity contribution in [3.8, 4) is 5.75 Å². The van der Waals surface area contributed by atoms with Crippen LogP contribution < -0.4 is 10.5 Å². The van der Waals surface area contributed by atoms with Gasteiger partial charge in [0, 0.05) is 13.2 Å². The normalized spacial score (nSPS) is 15.7. The van der Waals surface area contributed by atoms with Crippen molar-refractivity contribution >= 4 is 0 Å². The lowest BCUT2D eigenvalue weighted by atomic mass is 10.1. The lowest BCUT2D eigenvalue weighted by Gasteiger charge is -2.17. The lowest BCUT2D eigenvalue weighted by Crippen LogP contribution is -2.27. The van der Waals surface area contributed by atoms with Gasteiger partial charge in [-0.1, -0.05) is 12.1 Å². The number of rotatable bonds is 9. The summed E-state index contributed by atoms with van der Waals surface area (Å²) < 4.78 is 15.9. The van der Waals surface area contributed by atoms with Gasteiger partial charge in [0.05, 0.1) is 19.3 Å². The first-order valence-corrected chi connectivity index (χ1v) is 6.80. The van der Waals surface area contributed by atoms with Crippen LogP contribution in [0.1, 0.15) is 25.5 Å². The molecule has 2 unspecified atom stereocenters. The van der Waals surface area contributed by atoms with Gasteiger partial charge in [0.1, 0.15) is 18.5 Å². The van der Waals surface area contributed by atoms with E-state index in [4.69, 9.17) is 19.9 Å². The van der Waals surface area contributed by atoms with E-state index in [-0.39, 0.29) is 25.4 Å². The summed E-state index contributed by atoms with van der Waals surface area (Å²) in [6.45, 7) is 4.71. The molecule has 0 heterocycles. The van der Waals surface area contributed by atoms with Crippen LogP contribution in [0.2, 0.25) is 0 Å². The van der Waals surface area contributed by atoms with E-state index in [2.05, 4.69) is 0 Å². The second-order valence-corrected chi connectivity index (χ2v) is 4.93. The number of aliphatic hydroxyl groups excluding tert-OH is 1. The molecular weight excluding hydrogens is 258 g/mol. The topological polar surface area (TPSA) is 73.9 Å². The summed E-state index contributed by atoms with van der Waals surface area (Å²) in [5.74, 6) is 0.698. The zero-order valence-electron chi connectivity index (χ0n) is 12.4. The van der Waals surface area contributed by atoms with E-state index in [9.17, 15) is 5.11 Å². The average Bonchev–Trinajstić information content (AvgIpc) is 2.43. The molecule has 0 aromatic heterocycles. The van der Waals surface area contributed by atoms with Crippen molar-refractivity contribution in [1.82, 2.24) is 0 Å². The van der Waals surface area contributed by atoms with Gasteiger partial charge in [0.15, 0.2) is 0 Å². The minimum Gasteiger partial charge on any atom is -0.491 e. The SMILES string of the molecule is COCC(C)OCC(O)COc1cccc([C@@H](C)N)c1. The Morgan fingerprint density at radius 3 is 2.60 bits per heavy atom. The Morgan fingerprint density at radius 1 is 1.20 bits per heavy atom. The molecule has 0 bridgehead atoms. The third-order valence-corrected chi connectivity index (χ3v) is 2.80. The van der Waals surface area contributed by atoms with E-state index in [0.29, 0.717) is 12.4 Å². The molecule has 1 rings (SSSR count). The Labute approximate surface area is 120 Å². The molecule has 0 saturated heterocycles. The highest BCUT2D eigenvalue weighted by molar-refractivity contribution is 5.30. The van der Waals surface area contributed by atoms with Gasteiger partial charge in [-0.2, -0.15) is 0 Å². The molecule has 3 atom stereocenters. The molecule has 5 heteroatoms. The summed E-state index contributed by atoms with van der Waals surface area (Å²) in [6, 6.07) is 7.52. The summed E-state index contributed by atoms with van der Waals surface area (Å²) >= 11 is 0. The standard InChI is InChI=1S/C15H25NO4/c1-11(8-18-3)19-9-14(17)10-20-15-6-4-5-13(7-15)12(2)16/h4-7,11-12,14,17H,8-10,16H2,1-3H3/t11?,12-,14?/m1/s1. The van der Waals surface area contributed by atoms with Gasteiger partial charge in [0.25, 0.3) is 0 Å². The van der Waals surface area contributed by atoms with E-state index >= 15 is 0 Å². The van der Waals surface area contributed by atoms with Crippen molar-refractivity contribution in [3.63, 3.8) is 0 Å². The second kappa shape index (κ2) is 8.92. The largest absolute Gasteiger partial charge is 0.491 e. The molecule has 0 spiro atoms. The highest BCUT2D eigenvalue weighted by atomic mass is 16.5. The molecule has 0 radical (unpaired) electrons. The molecule has 114 valence electrons. The molecule has 0 saturated carbocycles. The number of benzene rings is 1. The molecular formula is C15H25NO4. The van der Waals surface area contributed by atoms with Gasteiger partial charge in [-0.15, -0.1) is 0 Å². The van der Waals surface area contributed by atoms with Gasteiger partial charge < -0.3 is 25.1 Å². The molecule has 0 fully saturated rings. The van der Waals surface area contributed by atoms with Crippen LogP contribution in [0.3, 0.4) is 0 Å². The Bertz CT molecular complexity index is 384. The van der Waals surface area contributed by atoms with Gasteiger partial charge in [0.2, 0.25) is 0 Å². The van der Waals surface area contributed by atoms with E-state index < -0.39 is 6.10 Å². The molecule has 5 nitrogen and oxygen atoms in total. The average molecular weight is 283 g/mol. The van der Waals surface area contributed by atoms with E-state index in [0.717, 1.165) is 5.56 Å². The van der Waals surface area contributed by atoms with E-state index in [1.54, 1.807) is 7.11 Å². The predicted molar refractivity (Wildman–Crippen MR) is 77.8 cm³/mol. The summed E-state index contributed by atoms with van der Waals surface area (Å²) in [6.07, 6.45) is -0.718. The smallest absolute Gasteiger partial charge is 0.119 e. The summed E-state index contributed by atoms with van der Waals surface area (Å²) in [7, 11) is 1.62. The Kier molecular flexibility index (Phi) is 7.54. The number of hydrogen-bond donors (Lipinski definition) is 2. The fourth-order valence-corrected chi connectivity index (χ4v) is 1.69. The zero-order valence-corrected chi connectivity index (χ0v) is 12.4. The number of nitrogens with two attached hydrogens (primary N) is 1. The van der Waals surface area contributed by atoms with Crippen LogP contribution in [-0.2, 0) is 9.47 Å². The van der Waals surface area contributed by atoms with Crippen molar-refractivity contribution < 1.29 is 19.3 Å².